The highest BCUT2D eigenvalue weighted by molar-refractivity contribution is 6.30. The topological polar surface area (TPSA) is 44.0 Å². The van der Waals surface area contributed by atoms with E-state index in [9.17, 15) is 0 Å². The van der Waals surface area contributed by atoms with Gasteiger partial charge in [0.05, 0.1) is 5.69 Å². The molecule has 4 nitrogen and oxygen atoms in total. The standard InChI is InChI=1S/C19H29ClN4/c1-3-4-11-18-22-17(19(20)23-18)14-21-12-8-13-24(2)15-16-9-6-5-7-10-16/h5-7,9-10,21H,3-4,8,11-15H2,1-2H3,(H,22,23). The minimum absolute atomic E-state index is 0.606. The SMILES string of the molecule is CCCCc1nc(Cl)c(CNCCCN(C)Cc2ccccc2)[nH]1. The minimum Gasteiger partial charge on any atom is -0.344 e. The number of halogens is 1. The highest BCUT2D eigenvalue weighted by Crippen LogP contribution is 2.14. The highest BCUT2D eigenvalue weighted by Gasteiger charge is 2.07. The summed E-state index contributed by atoms with van der Waals surface area (Å²) in [5.41, 5.74) is 2.36. The van der Waals surface area contributed by atoms with Crippen molar-refractivity contribution in [2.75, 3.05) is 20.1 Å². The maximum Gasteiger partial charge on any atom is 0.151 e. The molecular formula is C19H29ClN4. The van der Waals surface area contributed by atoms with Gasteiger partial charge in [0, 0.05) is 19.5 Å². The second-order valence-corrected chi connectivity index (χ2v) is 6.67. The highest BCUT2D eigenvalue weighted by atomic mass is 35.5. The van der Waals surface area contributed by atoms with Crippen LogP contribution in [0.25, 0.3) is 0 Å². The summed E-state index contributed by atoms with van der Waals surface area (Å²) in [6.07, 6.45) is 4.39. The Morgan fingerprint density at radius 2 is 2.00 bits per heavy atom. The third-order valence-electron chi connectivity index (χ3n) is 4.03. The summed E-state index contributed by atoms with van der Waals surface area (Å²) < 4.78 is 0. The number of imidazole rings is 1. The quantitative estimate of drug-likeness (QED) is 0.603. The van der Waals surface area contributed by atoms with Crippen LogP contribution in [0.5, 0.6) is 0 Å². The van der Waals surface area contributed by atoms with E-state index >= 15 is 0 Å². The van der Waals surface area contributed by atoms with Gasteiger partial charge in [-0.2, -0.15) is 0 Å². The van der Waals surface area contributed by atoms with Crippen LogP contribution in [0.15, 0.2) is 30.3 Å². The molecule has 2 N–H and O–H groups in total. The minimum atomic E-state index is 0.606. The van der Waals surface area contributed by atoms with E-state index in [0.717, 1.165) is 57.0 Å². The van der Waals surface area contributed by atoms with Gasteiger partial charge in [0.1, 0.15) is 5.82 Å². The maximum atomic E-state index is 6.19. The van der Waals surface area contributed by atoms with Crippen LogP contribution in [-0.4, -0.2) is 35.0 Å². The van der Waals surface area contributed by atoms with Crippen molar-refractivity contribution in [3.63, 3.8) is 0 Å². The first kappa shape index (κ1) is 19.0. The Labute approximate surface area is 150 Å². The van der Waals surface area contributed by atoms with Crippen molar-refractivity contribution in [2.45, 2.75) is 45.7 Å². The Hall–Kier alpha value is -1.36. The molecule has 0 amide bonds. The average Bonchev–Trinajstić information content (AvgIpc) is 2.93. The molecule has 132 valence electrons. The fraction of sp³-hybridized carbons (Fsp3) is 0.526. The van der Waals surface area contributed by atoms with Gasteiger partial charge in [-0.1, -0.05) is 55.3 Å². The average molecular weight is 349 g/mol. The molecule has 0 aliphatic heterocycles. The van der Waals surface area contributed by atoms with Crippen LogP contribution in [0.1, 0.15) is 43.3 Å². The zero-order valence-corrected chi connectivity index (χ0v) is 15.6. The lowest BCUT2D eigenvalue weighted by atomic mass is 10.2. The molecule has 5 heteroatoms. The molecule has 1 heterocycles. The maximum absolute atomic E-state index is 6.19. The molecular weight excluding hydrogens is 320 g/mol. The Morgan fingerprint density at radius 3 is 2.75 bits per heavy atom. The summed E-state index contributed by atoms with van der Waals surface area (Å²) in [7, 11) is 2.17. The van der Waals surface area contributed by atoms with Crippen LogP contribution in [0, 0.1) is 0 Å². The van der Waals surface area contributed by atoms with Gasteiger partial charge in [0.25, 0.3) is 0 Å². The fourth-order valence-electron chi connectivity index (χ4n) is 2.68. The van der Waals surface area contributed by atoms with Crippen molar-refractivity contribution >= 4 is 11.6 Å². The third kappa shape index (κ3) is 6.63. The molecule has 1 aromatic carbocycles. The summed E-state index contributed by atoms with van der Waals surface area (Å²) >= 11 is 6.19. The number of aromatic nitrogens is 2. The lowest BCUT2D eigenvalue weighted by Gasteiger charge is -2.16. The zero-order valence-electron chi connectivity index (χ0n) is 14.8. The first-order valence-electron chi connectivity index (χ1n) is 8.85. The molecule has 2 rings (SSSR count). The number of aromatic amines is 1. The second-order valence-electron chi connectivity index (χ2n) is 6.31. The number of hydrogen-bond donors (Lipinski definition) is 2. The van der Waals surface area contributed by atoms with Crippen molar-refractivity contribution in [3.8, 4) is 0 Å². The lowest BCUT2D eigenvalue weighted by Crippen LogP contribution is -2.23. The predicted octanol–water partition coefficient (Wildman–Crippen LogP) is 4.02. The summed E-state index contributed by atoms with van der Waals surface area (Å²) in [6.45, 7) is 5.97. The molecule has 0 saturated carbocycles. The largest absolute Gasteiger partial charge is 0.344 e. The van der Waals surface area contributed by atoms with Crippen molar-refractivity contribution in [2.24, 2.45) is 0 Å². The zero-order chi connectivity index (χ0) is 17.2. The number of hydrogen-bond acceptors (Lipinski definition) is 3. The van der Waals surface area contributed by atoms with Gasteiger partial charge >= 0.3 is 0 Å². The van der Waals surface area contributed by atoms with Gasteiger partial charge in [0.2, 0.25) is 0 Å². The van der Waals surface area contributed by atoms with Crippen molar-refractivity contribution in [3.05, 3.63) is 52.6 Å². The molecule has 0 radical (unpaired) electrons. The van der Waals surface area contributed by atoms with Crippen molar-refractivity contribution in [1.29, 1.82) is 0 Å². The molecule has 0 saturated heterocycles. The second kappa shape index (κ2) is 10.5. The number of rotatable bonds is 11. The van der Waals surface area contributed by atoms with Gasteiger partial charge < -0.3 is 15.2 Å². The molecule has 0 bridgehead atoms. The van der Waals surface area contributed by atoms with Crippen LogP contribution in [0.2, 0.25) is 5.15 Å². The number of H-pyrrole nitrogens is 1. The van der Waals surface area contributed by atoms with Gasteiger partial charge in [-0.3, -0.25) is 0 Å². The lowest BCUT2D eigenvalue weighted by molar-refractivity contribution is 0.319. The molecule has 0 unspecified atom stereocenters. The molecule has 0 spiro atoms. The van der Waals surface area contributed by atoms with Crippen LogP contribution < -0.4 is 5.32 Å². The molecule has 24 heavy (non-hydrogen) atoms. The number of nitrogens with one attached hydrogen (secondary N) is 2. The summed E-state index contributed by atoms with van der Waals surface area (Å²) in [4.78, 5) is 10.1. The van der Waals surface area contributed by atoms with Crippen LogP contribution in [0.3, 0.4) is 0 Å². The number of unbranched alkanes of at least 4 members (excludes halogenated alkanes) is 1. The van der Waals surface area contributed by atoms with Gasteiger partial charge in [0.15, 0.2) is 5.15 Å². The van der Waals surface area contributed by atoms with Gasteiger partial charge in [-0.05, 0) is 38.5 Å². The number of benzene rings is 1. The molecule has 0 atom stereocenters. The Balaban J connectivity index is 1.61. The van der Waals surface area contributed by atoms with E-state index in [0.29, 0.717) is 5.15 Å². The van der Waals surface area contributed by atoms with Crippen LogP contribution >= 0.6 is 11.6 Å². The van der Waals surface area contributed by atoms with E-state index in [1.807, 2.05) is 0 Å². The number of nitrogens with zero attached hydrogens (tertiary/aromatic N) is 2. The predicted molar refractivity (Wildman–Crippen MR) is 101 cm³/mol. The third-order valence-corrected chi connectivity index (χ3v) is 4.35. The Bertz CT molecular complexity index is 582. The Morgan fingerprint density at radius 1 is 1.21 bits per heavy atom. The van der Waals surface area contributed by atoms with Gasteiger partial charge in [-0.15, -0.1) is 0 Å². The molecule has 2 aromatic rings. The summed E-state index contributed by atoms with van der Waals surface area (Å²) in [5.74, 6) is 1.00. The first-order valence-corrected chi connectivity index (χ1v) is 9.23. The van der Waals surface area contributed by atoms with E-state index in [1.54, 1.807) is 0 Å². The molecule has 1 aromatic heterocycles. The van der Waals surface area contributed by atoms with E-state index in [-0.39, 0.29) is 0 Å². The van der Waals surface area contributed by atoms with Crippen molar-refractivity contribution in [1.82, 2.24) is 20.2 Å². The van der Waals surface area contributed by atoms with E-state index in [4.69, 9.17) is 11.6 Å². The van der Waals surface area contributed by atoms with Crippen LogP contribution in [0.4, 0.5) is 0 Å². The fourth-order valence-corrected chi connectivity index (χ4v) is 2.90. The normalized spacial score (nSPS) is 11.3. The van der Waals surface area contributed by atoms with E-state index < -0.39 is 0 Å². The van der Waals surface area contributed by atoms with E-state index in [2.05, 4.69) is 64.5 Å². The summed E-state index contributed by atoms with van der Waals surface area (Å²) in [5, 5.41) is 4.06. The van der Waals surface area contributed by atoms with Crippen LogP contribution in [-0.2, 0) is 19.5 Å². The van der Waals surface area contributed by atoms with Gasteiger partial charge in [-0.25, -0.2) is 4.98 Å². The summed E-state index contributed by atoms with van der Waals surface area (Å²) in [6, 6.07) is 10.6. The van der Waals surface area contributed by atoms with Crippen molar-refractivity contribution < 1.29 is 0 Å². The molecule has 0 aliphatic rings. The Kier molecular flexibility index (Phi) is 8.29. The molecule has 0 aliphatic carbocycles. The first-order chi connectivity index (χ1) is 11.7. The monoisotopic (exact) mass is 348 g/mol. The number of aryl methyl sites for hydroxylation is 1. The smallest absolute Gasteiger partial charge is 0.151 e. The van der Waals surface area contributed by atoms with E-state index in [1.165, 1.54) is 12.0 Å². The molecule has 0 fully saturated rings.